The molecule has 1 fully saturated rings. The normalized spacial score (nSPS) is 21.3. The predicted molar refractivity (Wildman–Crippen MR) is 80.7 cm³/mol. The molecule has 1 aromatic rings. The molecule has 0 aromatic carbocycles. The van der Waals surface area contributed by atoms with Gasteiger partial charge in [0.2, 0.25) is 0 Å². The molecule has 114 valence electrons. The summed E-state index contributed by atoms with van der Waals surface area (Å²) < 4.78 is 24.9. The van der Waals surface area contributed by atoms with E-state index in [4.69, 9.17) is 11.6 Å². The summed E-state index contributed by atoms with van der Waals surface area (Å²) in [6.45, 7) is 3.47. The van der Waals surface area contributed by atoms with E-state index in [0.717, 1.165) is 37.2 Å². The molecule has 0 saturated carbocycles. The summed E-state index contributed by atoms with van der Waals surface area (Å²) in [5.41, 5.74) is 1.78. The minimum Gasteiger partial charge on any atom is -0.294 e. The SMILES string of the molecule is Cc1nn(C)c(CN2CCCCC2CS(C)(=O)=O)c1Cl. The highest BCUT2D eigenvalue weighted by molar-refractivity contribution is 7.90. The molecule has 7 heteroatoms. The molecule has 1 atom stereocenters. The van der Waals surface area contributed by atoms with E-state index >= 15 is 0 Å². The van der Waals surface area contributed by atoms with Crippen LogP contribution in [0.25, 0.3) is 0 Å². The summed E-state index contributed by atoms with van der Waals surface area (Å²) in [6.07, 6.45) is 4.44. The third kappa shape index (κ3) is 3.74. The van der Waals surface area contributed by atoms with Crippen LogP contribution in [0.4, 0.5) is 0 Å². The van der Waals surface area contributed by atoms with Crippen LogP contribution in [-0.2, 0) is 23.4 Å². The van der Waals surface area contributed by atoms with Gasteiger partial charge in [0.1, 0.15) is 9.84 Å². The number of piperidine rings is 1. The zero-order valence-electron chi connectivity index (χ0n) is 12.3. The van der Waals surface area contributed by atoms with Crippen LogP contribution in [0.15, 0.2) is 0 Å². The lowest BCUT2D eigenvalue weighted by Crippen LogP contribution is -2.43. The Balaban J connectivity index is 2.16. The number of hydrogen-bond acceptors (Lipinski definition) is 4. The lowest BCUT2D eigenvalue weighted by atomic mass is 10.0. The zero-order chi connectivity index (χ0) is 14.9. The maximum atomic E-state index is 11.6. The van der Waals surface area contributed by atoms with Gasteiger partial charge in [0.25, 0.3) is 0 Å². The molecule has 5 nitrogen and oxygen atoms in total. The molecule has 1 aliphatic heterocycles. The molecule has 2 rings (SSSR count). The molecular weight excluding hydrogens is 298 g/mol. The Kier molecular flexibility index (Phi) is 4.76. The van der Waals surface area contributed by atoms with Crippen molar-refractivity contribution in [3.8, 4) is 0 Å². The van der Waals surface area contributed by atoms with E-state index < -0.39 is 9.84 Å². The van der Waals surface area contributed by atoms with Crippen molar-refractivity contribution >= 4 is 21.4 Å². The molecule has 1 aromatic heterocycles. The predicted octanol–water partition coefficient (Wildman–Crippen LogP) is 1.78. The Labute approximate surface area is 125 Å². The molecule has 0 bridgehead atoms. The van der Waals surface area contributed by atoms with E-state index in [2.05, 4.69) is 10.00 Å². The number of aromatic nitrogens is 2. The van der Waals surface area contributed by atoms with Crippen molar-refractivity contribution in [2.45, 2.75) is 38.8 Å². The molecule has 1 unspecified atom stereocenters. The van der Waals surface area contributed by atoms with Crippen molar-refractivity contribution in [1.29, 1.82) is 0 Å². The van der Waals surface area contributed by atoms with Gasteiger partial charge in [-0.15, -0.1) is 0 Å². The smallest absolute Gasteiger partial charge is 0.148 e. The van der Waals surface area contributed by atoms with Crippen molar-refractivity contribution in [3.63, 3.8) is 0 Å². The van der Waals surface area contributed by atoms with Crippen LogP contribution in [-0.4, -0.2) is 47.7 Å². The molecule has 0 N–H and O–H groups in total. The first-order valence-electron chi connectivity index (χ1n) is 6.87. The molecule has 1 aliphatic rings. The van der Waals surface area contributed by atoms with Gasteiger partial charge in [0, 0.05) is 25.9 Å². The third-order valence-corrected chi connectivity index (χ3v) is 5.34. The van der Waals surface area contributed by atoms with E-state index in [1.165, 1.54) is 6.26 Å². The van der Waals surface area contributed by atoms with Crippen molar-refractivity contribution in [2.24, 2.45) is 7.05 Å². The molecule has 0 radical (unpaired) electrons. The van der Waals surface area contributed by atoms with Crippen LogP contribution in [0.3, 0.4) is 0 Å². The largest absolute Gasteiger partial charge is 0.294 e. The lowest BCUT2D eigenvalue weighted by Gasteiger charge is -2.35. The van der Waals surface area contributed by atoms with Crippen LogP contribution in [0, 0.1) is 6.92 Å². The second-order valence-electron chi connectivity index (χ2n) is 5.68. The van der Waals surface area contributed by atoms with Crippen LogP contribution in [0.5, 0.6) is 0 Å². The van der Waals surface area contributed by atoms with Gasteiger partial charge in [-0.25, -0.2) is 8.42 Å². The van der Waals surface area contributed by atoms with Gasteiger partial charge < -0.3 is 0 Å². The summed E-state index contributed by atoms with van der Waals surface area (Å²) >= 11 is 6.29. The lowest BCUT2D eigenvalue weighted by molar-refractivity contribution is 0.151. The van der Waals surface area contributed by atoms with Crippen LogP contribution < -0.4 is 0 Å². The number of aryl methyl sites for hydroxylation is 2. The fraction of sp³-hybridized carbons (Fsp3) is 0.769. The van der Waals surface area contributed by atoms with Crippen LogP contribution >= 0.6 is 11.6 Å². The molecule has 0 amide bonds. The summed E-state index contributed by atoms with van der Waals surface area (Å²) in [6, 6.07) is 0.0880. The number of hydrogen-bond donors (Lipinski definition) is 0. The standard InChI is InChI=1S/C13H22ClN3O2S/c1-10-13(14)12(16(2)15-10)8-17-7-5-4-6-11(17)9-20(3,18)19/h11H,4-9H2,1-3H3. The highest BCUT2D eigenvalue weighted by atomic mass is 35.5. The van der Waals surface area contributed by atoms with E-state index in [-0.39, 0.29) is 11.8 Å². The minimum atomic E-state index is -2.96. The summed E-state index contributed by atoms with van der Waals surface area (Å²) in [5, 5.41) is 5.01. The van der Waals surface area contributed by atoms with Gasteiger partial charge in [-0.3, -0.25) is 9.58 Å². The fourth-order valence-corrected chi connectivity index (χ4v) is 4.15. The number of nitrogens with zero attached hydrogens (tertiary/aromatic N) is 3. The maximum absolute atomic E-state index is 11.6. The second-order valence-corrected chi connectivity index (χ2v) is 8.24. The van der Waals surface area contributed by atoms with Crippen LogP contribution in [0.1, 0.15) is 30.7 Å². The highest BCUT2D eigenvalue weighted by Gasteiger charge is 2.27. The van der Waals surface area contributed by atoms with Gasteiger partial charge in [0.05, 0.1) is 22.2 Å². The van der Waals surface area contributed by atoms with Gasteiger partial charge in [0.15, 0.2) is 0 Å². The fourth-order valence-electron chi connectivity index (χ4n) is 2.85. The Bertz CT molecular complexity index is 583. The van der Waals surface area contributed by atoms with Crippen molar-refractivity contribution < 1.29 is 8.42 Å². The Morgan fingerprint density at radius 2 is 2.10 bits per heavy atom. The van der Waals surface area contributed by atoms with Gasteiger partial charge >= 0.3 is 0 Å². The van der Waals surface area contributed by atoms with E-state index in [1.54, 1.807) is 4.68 Å². The first-order valence-corrected chi connectivity index (χ1v) is 9.31. The molecule has 0 aliphatic carbocycles. The molecule has 1 saturated heterocycles. The van der Waals surface area contributed by atoms with E-state index in [0.29, 0.717) is 11.6 Å². The zero-order valence-corrected chi connectivity index (χ0v) is 13.8. The number of halogens is 1. The first kappa shape index (κ1) is 15.8. The number of rotatable bonds is 4. The monoisotopic (exact) mass is 319 g/mol. The quantitative estimate of drug-likeness (QED) is 0.849. The maximum Gasteiger partial charge on any atom is 0.148 e. The highest BCUT2D eigenvalue weighted by Crippen LogP contribution is 2.25. The molecule has 20 heavy (non-hydrogen) atoms. The second kappa shape index (κ2) is 6.03. The minimum absolute atomic E-state index is 0.0880. The van der Waals surface area contributed by atoms with Gasteiger partial charge in [-0.2, -0.15) is 5.10 Å². The first-order chi connectivity index (χ1) is 9.28. The van der Waals surface area contributed by atoms with Gasteiger partial charge in [-0.05, 0) is 26.3 Å². The van der Waals surface area contributed by atoms with Crippen LogP contribution in [0.2, 0.25) is 5.02 Å². The Hall–Kier alpha value is -0.590. The molecule has 0 spiro atoms. The van der Waals surface area contributed by atoms with Gasteiger partial charge in [-0.1, -0.05) is 18.0 Å². The number of likely N-dealkylation sites (tertiary alicyclic amines) is 1. The Morgan fingerprint density at radius 3 is 2.65 bits per heavy atom. The van der Waals surface area contributed by atoms with E-state index in [1.807, 2.05) is 14.0 Å². The topological polar surface area (TPSA) is 55.2 Å². The summed E-state index contributed by atoms with van der Waals surface area (Å²) in [5.74, 6) is 0.224. The summed E-state index contributed by atoms with van der Waals surface area (Å²) in [7, 11) is -1.08. The Morgan fingerprint density at radius 1 is 1.40 bits per heavy atom. The summed E-state index contributed by atoms with van der Waals surface area (Å²) in [4.78, 5) is 2.23. The average Bonchev–Trinajstić information content (AvgIpc) is 2.56. The van der Waals surface area contributed by atoms with E-state index in [9.17, 15) is 8.42 Å². The molecule has 2 heterocycles. The van der Waals surface area contributed by atoms with Crippen molar-refractivity contribution in [3.05, 3.63) is 16.4 Å². The number of sulfone groups is 1. The van der Waals surface area contributed by atoms with Crippen molar-refractivity contribution in [1.82, 2.24) is 14.7 Å². The average molecular weight is 320 g/mol. The third-order valence-electron chi connectivity index (χ3n) is 3.86. The van der Waals surface area contributed by atoms with Crippen molar-refractivity contribution in [2.75, 3.05) is 18.6 Å². The molecular formula is C13H22ClN3O2S.